The van der Waals surface area contributed by atoms with Crippen LogP contribution in [0.5, 0.6) is 0 Å². The van der Waals surface area contributed by atoms with Crippen LogP contribution in [0.15, 0.2) is 24.3 Å². The topological polar surface area (TPSA) is 32.3 Å². The molecule has 3 aliphatic rings. The molecule has 1 saturated carbocycles. The number of rotatable bonds is 4. The Morgan fingerprint density at radius 2 is 1.74 bits per heavy atom. The maximum atomic E-state index is 12.8. The number of hydrogen-bond donors (Lipinski definition) is 1. The summed E-state index contributed by atoms with van der Waals surface area (Å²) in [5, 5.41) is 3.34. The van der Waals surface area contributed by atoms with Crippen molar-refractivity contribution >= 4 is 5.91 Å². The Hall–Kier alpha value is -1.35. The van der Waals surface area contributed by atoms with Crippen LogP contribution in [0.4, 0.5) is 0 Å². The van der Waals surface area contributed by atoms with Crippen molar-refractivity contribution in [2.45, 2.75) is 63.5 Å². The minimum Gasteiger partial charge on any atom is -0.351 e. The third kappa shape index (κ3) is 3.30. The molecule has 124 valence electrons. The summed E-state index contributed by atoms with van der Waals surface area (Å²) in [5.74, 6) is 1.11. The maximum Gasteiger partial charge on any atom is 0.237 e. The fourth-order valence-corrected chi connectivity index (χ4v) is 4.82. The number of amides is 1. The largest absolute Gasteiger partial charge is 0.351 e. The molecule has 2 fully saturated rings. The first-order valence-corrected chi connectivity index (χ1v) is 9.41. The lowest BCUT2D eigenvalue weighted by Crippen LogP contribution is -2.48. The van der Waals surface area contributed by atoms with Gasteiger partial charge in [-0.2, -0.15) is 0 Å². The van der Waals surface area contributed by atoms with Gasteiger partial charge >= 0.3 is 0 Å². The van der Waals surface area contributed by atoms with E-state index in [9.17, 15) is 4.79 Å². The molecule has 3 nitrogen and oxygen atoms in total. The van der Waals surface area contributed by atoms with Gasteiger partial charge in [0.25, 0.3) is 0 Å². The zero-order valence-corrected chi connectivity index (χ0v) is 14.0. The lowest BCUT2D eigenvalue weighted by molar-refractivity contribution is -0.126. The Bertz CT molecular complexity index is 540. The molecule has 1 aliphatic heterocycles. The van der Waals surface area contributed by atoms with Crippen LogP contribution >= 0.6 is 0 Å². The van der Waals surface area contributed by atoms with Crippen LogP contribution in [0.25, 0.3) is 0 Å². The molecule has 23 heavy (non-hydrogen) atoms. The van der Waals surface area contributed by atoms with Crippen LogP contribution in [0.3, 0.4) is 0 Å². The molecule has 0 unspecified atom stereocenters. The van der Waals surface area contributed by atoms with E-state index in [2.05, 4.69) is 34.5 Å². The average Bonchev–Trinajstić information content (AvgIpc) is 3.27. The Labute approximate surface area is 139 Å². The molecule has 2 aliphatic carbocycles. The molecule has 1 aromatic rings. The van der Waals surface area contributed by atoms with Gasteiger partial charge in [0.1, 0.15) is 0 Å². The highest BCUT2D eigenvalue weighted by molar-refractivity contribution is 5.82. The number of hydrogen-bond acceptors (Lipinski definition) is 2. The Morgan fingerprint density at radius 1 is 1.04 bits per heavy atom. The van der Waals surface area contributed by atoms with Gasteiger partial charge in [-0.1, -0.05) is 37.1 Å². The average molecular weight is 312 g/mol. The normalized spacial score (nSPS) is 25.8. The predicted octanol–water partition coefficient (Wildman–Crippen LogP) is 2.92. The third-order valence-corrected chi connectivity index (χ3v) is 6.03. The zero-order valence-electron chi connectivity index (χ0n) is 14.0. The molecule has 4 rings (SSSR count). The van der Waals surface area contributed by atoms with Crippen LogP contribution in [0, 0.1) is 5.92 Å². The Balaban J connectivity index is 1.33. The van der Waals surface area contributed by atoms with E-state index >= 15 is 0 Å². The van der Waals surface area contributed by atoms with E-state index in [1.54, 1.807) is 0 Å². The lowest BCUT2D eigenvalue weighted by Gasteiger charge is -2.27. The zero-order chi connectivity index (χ0) is 15.6. The van der Waals surface area contributed by atoms with Crippen LogP contribution in [0.2, 0.25) is 0 Å². The fourth-order valence-electron chi connectivity index (χ4n) is 4.82. The second kappa shape index (κ2) is 6.64. The molecule has 0 aromatic heterocycles. The van der Waals surface area contributed by atoms with Gasteiger partial charge < -0.3 is 5.32 Å². The highest BCUT2D eigenvalue weighted by Gasteiger charge is 2.34. The number of likely N-dealkylation sites (tertiary alicyclic amines) is 1. The SMILES string of the molecule is O=C(NC1Cc2ccccc2C1)[C@H]1CCCN1CC1CCCC1. The van der Waals surface area contributed by atoms with E-state index in [-0.39, 0.29) is 11.9 Å². The summed E-state index contributed by atoms with van der Waals surface area (Å²) >= 11 is 0. The lowest BCUT2D eigenvalue weighted by atomic mass is 10.1. The van der Waals surface area contributed by atoms with E-state index in [4.69, 9.17) is 0 Å². The van der Waals surface area contributed by atoms with Gasteiger partial charge in [0.05, 0.1) is 6.04 Å². The van der Waals surface area contributed by atoms with Gasteiger partial charge in [0.15, 0.2) is 0 Å². The predicted molar refractivity (Wildman–Crippen MR) is 92.3 cm³/mol. The van der Waals surface area contributed by atoms with Crippen molar-refractivity contribution in [3.63, 3.8) is 0 Å². The van der Waals surface area contributed by atoms with Crippen molar-refractivity contribution in [3.8, 4) is 0 Å². The molecule has 1 atom stereocenters. The van der Waals surface area contributed by atoms with Crippen molar-refractivity contribution in [2.24, 2.45) is 5.92 Å². The van der Waals surface area contributed by atoms with Gasteiger partial charge in [-0.15, -0.1) is 0 Å². The molecule has 0 bridgehead atoms. The highest BCUT2D eigenvalue weighted by atomic mass is 16.2. The van der Waals surface area contributed by atoms with Crippen molar-refractivity contribution in [1.82, 2.24) is 10.2 Å². The second-order valence-corrected chi connectivity index (χ2v) is 7.69. The number of nitrogens with zero attached hydrogens (tertiary/aromatic N) is 1. The smallest absolute Gasteiger partial charge is 0.237 e. The van der Waals surface area contributed by atoms with E-state index in [1.165, 1.54) is 43.2 Å². The van der Waals surface area contributed by atoms with Crippen molar-refractivity contribution in [1.29, 1.82) is 0 Å². The first-order chi connectivity index (χ1) is 11.3. The summed E-state index contributed by atoms with van der Waals surface area (Å²) in [6.45, 7) is 2.25. The molecule has 1 heterocycles. The van der Waals surface area contributed by atoms with Crippen molar-refractivity contribution in [2.75, 3.05) is 13.1 Å². The Morgan fingerprint density at radius 3 is 2.43 bits per heavy atom. The number of fused-ring (bicyclic) bond motifs is 1. The molecule has 1 amide bonds. The number of benzene rings is 1. The maximum absolute atomic E-state index is 12.8. The fraction of sp³-hybridized carbons (Fsp3) is 0.650. The Kier molecular flexibility index (Phi) is 4.39. The quantitative estimate of drug-likeness (QED) is 0.927. The van der Waals surface area contributed by atoms with Gasteiger partial charge in [-0.05, 0) is 62.1 Å². The van der Waals surface area contributed by atoms with Gasteiger partial charge in [-0.3, -0.25) is 9.69 Å². The van der Waals surface area contributed by atoms with Crippen LogP contribution in [-0.2, 0) is 17.6 Å². The standard InChI is InChI=1S/C20H28N2O/c23-20(21-18-12-16-8-3-4-9-17(16)13-18)19-10-5-11-22(19)14-15-6-1-2-7-15/h3-4,8-9,15,18-19H,1-2,5-7,10-14H2,(H,21,23)/t19-/m1/s1. The second-order valence-electron chi connectivity index (χ2n) is 7.69. The number of nitrogens with one attached hydrogen (secondary N) is 1. The summed E-state index contributed by atoms with van der Waals surface area (Å²) in [7, 11) is 0. The number of carbonyl (C=O) groups is 1. The monoisotopic (exact) mass is 312 g/mol. The molecular formula is C20H28N2O. The van der Waals surface area contributed by atoms with E-state index < -0.39 is 0 Å². The van der Waals surface area contributed by atoms with Gasteiger partial charge in [-0.25, -0.2) is 0 Å². The van der Waals surface area contributed by atoms with E-state index in [0.717, 1.165) is 38.3 Å². The minimum atomic E-state index is 0.124. The summed E-state index contributed by atoms with van der Waals surface area (Å²) in [6, 6.07) is 9.02. The summed E-state index contributed by atoms with van der Waals surface area (Å²) in [4.78, 5) is 15.2. The van der Waals surface area contributed by atoms with Crippen LogP contribution in [-0.4, -0.2) is 36.0 Å². The van der Waals surface area contributed by atoms with Crippen molar-refractivity contribution in [3.05, 3.63) is 35.4 Å². The molecule has 0 radical (unpaired) electrons. The summed E-state index contributed by atoms with van der Waals surface area (Å²) < 4.78 is 0. The van der Waals surface area contributed by atoms with Crippen LogP contribution in [0.1, 0.15) is 49.7 Å². The summed E-state index contributed by atoms with van der Waals surface area (Å²) in [6.07, 6.45) is 9.71. The first-order valence-electron chi connectivity index (χ1n) is 9.41. The van der Waals surface area contributed by atoms with Crippen LogP contribution < -0.4 is 5.32 Å². The van der Waals surface area contributed by atoms with Gasteiger partial charge in [0.2, 0.25) is 5.91 Å². The molecule has 0 spiro atoms. The third-order valence-electron chi connectivity index (χ3n) is 6.03. The molecule has 1 N–H and O–H groups in total. The number of carbonyl (C=O) groups excluding carboxylic acids is 1. The molecule has 1 saturated heterocycles. The first kappa shape index (κ1) is 15.2. The van der Waals surface area contributed by atoms with Gasteiger partial charge in [0, 0.05) is 12.6 Å². The summed E-state index contributed by atoms with van der Waals surface area (Å²) in [5.41, 5.74) is 2.82. The van der Waals surface area contributed by atoms with E-state index in [1.807, 2.05) is 0 Å². The van der Waals surface area contributed by atoms with E-state index in [0.29, 0.717) is 6.04 Å². The molecular weight excluding hydrogens is 284 g/mol. The molecule has 3 heteroatoms. The molecule has 1 aromatic carbocycles. The van der Waals surface area contributed by atoms with Crippen molar-refractivity contribution < 1.29 is 4.79 Å². The highest BCUT2D eigenvalue weighted by Crippen LogP contribution is 2.29. The minimum absolute atomic E-state index is 0.124.